The summed E-state index contributed by atoms with van der Waals surface area (Å²) in [6.45, 7) is 1.83. The molecule has 0 aliphatic rings. The number of hydrogen-bond acceptors (Lipinski definition) is 2. The van der Waals surface area contributed by atoms with E-state index in [9.17, 15) is 5.11 Å². The molecule has 2 unspecified atom stereocenters. The SMILES string of the molecule is CC(O)CC(Nc1ccccc1)n1c2ccc(Br)cc2c2cc(Br)ccc21. The van der Waals surface area contributed by atoms with Crippen molar-refractivity contribution in [1.82, 2.24) is 4.57 Å². The van der Waals surface area contributed by atoms with Crippen molar-refractivity contribution in [3.8, 4) is 0 Å². The standard InChI is InChI=1S/C22H20Br2N2O/c1-14(27)11-22(25-17-5-3-2-4-6-17)26-20-9-7-15(23)12-18(20)19-13-16(24)8-10-21(19)26/h2-10,12-14,22,25,27H,11H2,1H3. The van der Waals surface area contributed by atoms with Gasteiger partial charge in [0.05, 0.1) is 17.1 Å². The molecule has 2 atom stereocenters. The fraction of sp³-hybridized carbons (Fsp3) is 0.182. The number of aliphatic hydroxyl groups is 1. The van der Waals surface area contributed by atoms with Crippen molar-refractivity contribution in [3.05, 3.63) is 75.7 Å². The number of nitrogens with zero attached hydrogens (tertiary/aromatic N) is 1. The van der Waals surface area contributed by atoms with E-state index in [1.165, 1.54) is 10.8 Å². The molecule has 0 amide bonds. The molecular formula is C22H20Br2N2O. The minimum atomic E-state index is -0.426. The zero-order chi connectivity index (χ0) is 19.0. The maximum Gasteiger partial charge on any atom is 0.106 e. The summed E-state index contributed by atoms with van der Waals surface area (Å²) in [4.78, 5) is 0. The Morgan fingerprint density at radius 2 is 1.44 bits per heavy atom. The van der Waals surface area contributed by atoms with Crippen LogP contribution in [0.3, 0.4) is 0 Å². The molecule has 3 aromatic carbocycles. The first-order valence-corrected chi connectivity index (χ1v) is 10.5. The summed E-state index contributed by atoms with van der Waals surface area (Å²) in [6, 6.07) is 22.8. The molecule has 0 aliphatic carbocycles. The molecule has 0 bridgehead atoms. The van der Waals surface area contributed by atoms with Crippen LogP contribution >= 0.6 is 31.9 Å². The Labute approximate surface area is 175 Å². The van der Waals surface area contributed by atoms with Gasteiger partial charge in [-0.15, -0.1) is 0 Å². The summed E-state index contributed by atoms with van der Waals surface area (Å²) in [6.07, 6.45) is 0.0965. The van der Waals surface area contributed by atoms with Gasteiger partial charge in [-0.3, -0.25) is 0 Å². The van der Waals surface area contributed by atoms with Crippen LogP contribution in [0.1, 0.15) is 19.5 Å². The highest BCUT2D eigenvalue weighted by Crippen LogP contribution is 2.36. The number of aromatic nitrogens is 1. The highest BCUT2D eigenvalue weighted by Gasteiger charge is 2.20. The predicted molar refractivity (Wildman–Crippen MR) is 120 cm³/mol. The lowest BCUT2D eigenvalue weighted by Crippen LogP contribution is -2.22. The number of nitrogens with one attached hydrogen (secondary N) is 1. The van der Waals surface area contributed by atoms with E-state index in [1.54, 1.807) is 0 Å². The summed E-state index contributed by atoms with van der Waals surface area (Å²) < 4.78 is 4.40. The minimum Gasteiger partial charge on any atom is -0.393 e. The summed E-state index contributed by atoms with van der Waals surface area (Å²) >= 11 is 7.20. The molecule has 0 aliphatic heterocycles. The maximum absolute atomic E-state index is 10.2. The van der Waals surface area contributed by atoms with Gasteiger partial charge in [0.15, 0.2) is 0 Å². The molecule has 2 N–H and O–H groups in total. The molecule has 4 rings (SSSR count). The van der Waals surface area contributed by atoms with Crippen LogP contribution in [0.5, 0.6) is 0 Å². The van der Waals surface area contributed by atoms with Crippen molar-refractivity contribution in [2.75, 3.05) is 5.32 Å². The van der Waals surface area contributed by atoms with Crippen LogP contribution < -0.4 is 5.32 Å². The van der Waals surface area contributed by atoms with Gasteiger partial charge in [-0.1, -0.05) is 50.1 Å². The Hall–Kier alpha value is -1.82. The summed E-state index contributed by atoms with van der Waals surface area (Å²) in [5, 5.41) is 16.1. The number of para-hydroxylation sites is 1. The van der Waals surface area contributed by atoms with E-state index < -0.39 is 6.10 Å². The lowest BCUT2D eigenvalue weighted by Gasteiger charge is -2.25. The average Bonchev–Trinajstić information content (AvgIpc) is 2.94. The molecule has 0 saturated carbocycles. The fourth-order valence-electron chi connectivity index (χ4n) is 3.61. The quantitative estimate of drug-likeness (QED) is 0.328. The lowest BCUT2D eigenvalue weighted by atomic mass is 10.2. The molecular weight excluding hydrogens is 468 g/mol. The highest BCUT2D eigenvalue weighted by atomic mass is 79.9. The minimum absolute atomic E-state index is 0.0743. The van der Waals surface area contributed by atoms with Crippen molar-refractivity contribution in [2.24, 2.45) is 0 Å². The highest BCUT2D eigenvalue weighted by molar-refractivity contribution is 9.10. The average molecular weight is 488 g/mol. The second kappa shape index (κ2) is 7.66. The number of rotatable bonds is 5. The van der Waals surface area contributed by atoms with Crippen LogP contribution in [0.25, 0.3) is 21.8 Å². The number of anilines is 1. The number of aliphatic hydroxyl groups excluding tert-OH is 1. The zero-order valence-corrected chi connectivity index (χ0v) is 18.0. The molecule has 1 heterocycles. The summed E-state index contributed by atoms with van der Waals surface area (Å²) in [5.41, 5.74) is 3.31. The lowest BCUT2D eigenvalue weighted by molar-refractivity contribution is 0.168. The second-order valence-corrected chi connectivity index (χ2v) is 8.64. The Balaban J connectivity index is 1.94. The third kappa shape index (κ3) is 3.77. The van der Waals surface area contributed by atoms with E-state index in [0.717, 1.165) is 25.7 Å². The van der Waals surface area contributed by atoms with Crippen LogP contribution in [-0.4, -0.2) is 15.8 Å². The molecule has 1 aromatic heterocycles. The Kier molecular flexibility index (Phi) is 5.26. The topological polar surface area (TPSA) is 37.2 Å². The monoisotopic (exact) mass is 486 g/mol. The van der Waals surface area contributed by atoms with Crippen molar-refractivity contribution in [1.29, 1.82) is 0 Å². The Morgan fingerprint density at radius 3 is 1.96 bits per heavy atom. The number of halogens is 2. The Bertz CT molecular complexity index is 1030. The Morgan fingerprint density at radius 1 is 0.889 bits per heavy atom. The predicted octanol–water partition coefficient (Wildman–Crippen LogP) is 6.70. The van der Waals surface area contributed by atoms with Gasteiger partial charge in [0, 0.05) is 31.8 Å². The van der Waals surface area contributed by atoms with E-state index in [-0.39, 0.29) is 6.17 Å². The van der Waals surface area contributed by atoms with Gasteiger partial charge in [-0.2, -0.15) is 0 Å². The van der Waals surface area contributed by atoms with Gasteiger partial charge in [0.25, 0.3) is 0 Å². The molecule has 138 valence electrons. The molecule has 3 nitrogen and oxygen atoms in total. The smallest absolute Gasteiger partial charge is 0.106 e. The molecule has 27 heavy (non-hydrogen) atoms. The molecule has 4 aromatic rings. The van der Waals surface area contributed by atoms with Crippen LogP contribution in [0.4, 0.5) is 5.69 Å². The van der Waals surface area contributed by atoms with Crippen LogP contribution in [-0.2, 0) is 0 Å². The number of fused-ring (bicyclic) bond motifs is 3. The van der Waals surface area contributed by atoms with Gasteiger partial charge in [-0.05, 0) is 55.5 Å². The second-order valence-electron chi connectivity index (χ2n) is 6.80. The van der Waals surface area contributed by atoms with E-state index in [1.807, 2.05) is 25.1 Å². The third-order valence-electron chi connectivity index (χ3n) is 4.71. The normalized spacial score (nSPS) is 13.8. The molecule has 0 saturated heterocycles. The van der Waals surface area contributed by atoms with Gasteiger partial charge < -0.3 is 15.0 Å². The van der Waals surface area contributed by atoms with Gasteiger partial charge >= 0.3 is 0 Å². The van der Waals surface area contributed by atoms with Crippen molar-refractivity contribution in [3.63, 3.8) is 0 Å². The molecule has 0 fully saturated rings. The number of hydrogen-bond donors (Lipinski definition) is 2. The molecule has 0 radical (unpaired) electrons. The molecule has 0 spiro atoms. The van der Waals surface area contributed by atoms with Gasteiger partial charge in [-0.25, -0.2) is 0 Å². The fourth-order valence-corrected chi connectivity index (χ4v) is 4.33. The van der Waals surface area contributed by atoms with Crippen LogP contribution in [0.15, 0.2) is 75.7 Å². The van der Waals surface area contributed by atoms with Gasteiger partial charge in [0.2, 0.25) is 0 Å². The van der Waals surface area contributed by atoms with Crippen LogP contribution in [0.2, 0.25) is 0 Å². The maximum atomic E-state index is 10.2. The number of benzene rings is 3. The van der Waals surface area contributed by atoms with Crippen LogP contribution in [0, 0.1) is 0 Å². The van der Waals surface area contributed by atoms with E-state index in [4.69, 9.17) is 0 Å². The largest absolute Gasteiger partial charge is 0.393 e. The van der Waals surface area contributed by atoms with Gasteiger partial charge in [0.1, 0.15) is 6.17 Å². The summed E-state index contributed by atoms with van der Waals surface area (Å²) in [5.74, 6) is 0. The zero-order valence-electron chi connectivity index (χ0n) is 14.9. The first kappa shape index (κ1) is 18.5. The third-order valence-corrected chi connectivity index (χ3v) is 5.70. The van der Waals surface area contributed by atoms with Crippen molar-refractivity contribution < 1.29 is 5.11 Å². The van der Waals surface area contributed by atoms with Crippen molar-refractivity contribution >= 4 is 59.4 Å². The van der Waals surface area contributed by atoms with E-state index >= 15 is 0 Å². The first-order valence-electron chi connectivity index (χ1n) is 8.91. The summed E-state index contributed by atoms with van der Waals surface area (Å²) in [7, 11) is 0. The first-order chi connectivity index (χ1) is 13.0. The van der Waals surface area contributed by atoms with Crippen molar-refractivity contribution in [2.45, 2.75) is 25.6 Å². The molecule has 5 heteroatoms. The van der Waals surface area contributed by atoms with E-state index in [2.05, 4.69) is 90.3 Å². The van der Waals surface area contributed by atoms with E-state index in [0.29, 0.717) is 6.42 Å².